The maximum absolute atomic E-state index is 13.0. The van der Waals surface area contributed by atoms with Crippen LogP contribution in [0.5, 0.6) is 0 Å². The monoisotopic (exact) mass is 389 g/mol. The molecule has 0 aliphatic rings. The van der Waals surface area contributed by atoms with Gasteiger partial charge in [0.1, 0.15) is 5.82 Å². The van der Waals surface area contributed by atoms with Crippen molar-refractivity contribution < 1.29 is 14.1 Å². The number of nitrogens with one attached hydrogen (secondary N) is 1. The van der Waals surface area contributed by atoms with Crippen molar-refractivity contribution in [3.05, 3.63) is 75.0 Å². The van der Waals surface area contributed by atoms with Crippen LogP contribution in [0.25, 0.3) is 0 Å². The zero-order chi connectivity index (χ0) is 18.7. The average molecular weight is 389 g/mol. The summed E-state index contributed by atoms with van der Waals surface area (Å²) in [7, 11) is 0. The lowest BCUT2D eigenvalue weighted by Crippen LogP contribution is -2.12. The van der Waals surface area contributed by atoms with Crippen LogP contribution in [0, 0.1) is 22.9 Å². The lowest BCUT2D eigenvalue weighted by molar-refractivity contribution is -0.387. The van der Waals surface area contributed by atoms with Crippen molar-refractivity contribution in [1.82, 2.24) is 4.98 Å². The Labute approximate surface area is 156 Å². The molecule has 0 saturated heterocycles. The summed E-state index contributed by atoms with van der Waals surface area (Å²) in [5, 5.41) is 16.2. The molecule has 6 nitrogen and oxygen atoms in total. The van der Waals surface area contributed by atoms with E-state index >= 15 is 0 Å². The molecule has 0 fully saturated rings. The molecule has 0 aliphatic heterocycles. The summed E-state index contributed by atoms with van der Waals surface area (Å²) in [6.45, 7) is 1.80. The fourth-order valence-corrected chi connectivity index (χ4v) is 3.68. The molecule has 0 unspecified atom stereocenters. The fraction of sp³-hybridized carbons (Fsp3) is 0.0588. The Morgan fingerprint density at radius 1 is 1.27 bits per heavy atom. The van der Waals surface area contributed by atoms with Crippen molar-refractivity contribution in [2.75, 3.05) is 5.32 Å². The van der Waals surface area contributed by atoms with Crippen LogP contribution in [0.3, 0.4) is 0 Å². The maximum Gasteiger partial charge on any atom is 0.284 e. The molecule has 3 aromatic rings. The number of aromatic nitrogens is 1. The number of rotatable bonds is 5. The molecular formula is C17H12FN3O3S2. The topological polar surface area (TPSA) is 85.1 Å². The number of hydrogen-bond donors (Lipinski definition) is 1. The molecule has 1 N–H and O–H groups in total. The Hall–Kier alpha value is -2.78. The van der Waals surface area contributed by atoms with Crippen LogP contribution in [0.2, 0.25) is 0 Å². The highest BCUT2D eigenvalue weighted by Gasteiger charge is 2.19. The number of halogens is 1. The third-order valence-electron chi connectivity index (χ3n) is 3.30. The normalized spacial score (nSPS) is 10.5. The van der Waals surface area contributed by atoms with Gasteiger partial charge in [0.05, 0.1) is 15.5 Å². The Morgan fingerprint density at radius 3 is 2.62 bits per heavy atom. The predicted molar refractivity (Wildman–Crippen MR) is 98.4 cm³/mol. The highest BCUT2D eigenvalue weighted by molar-refractivity contribution is 7.99. The number of aryl methyl sites for hydroxylation is 1. The Morgan fingerprint density at radius 2 is 2.00 bits per heavy atom. The first-order chi connectivity index (χ1) is 12.4. The zero-order valence-electron chi connectivity index (χ0n) is 13.4. The molecule has 3 rings (SSSR count). The van der Waals surface area contributed by atoms with Gasteiger partial charge in [-0.2, -0.15) is 0 Å². The standard InChI is InChI=1S/C17H12FN3O3S2/c1-10-9-25-17(19-10)20-16(22)11-2-7-15(14(8-11)21(23)24)26-13-5-3-12(18)4-6-13/h2-9H,1H3,(H,19,20,22). The minimum Gasteiger partial charge on any atom is -0.298 e. The van der Waals surface area contributed by atoms with Crippen LogP contribution < -0.4 is 5.32 Å². The van der Waals surface area contributed by atoms with E-state index in [1.165, 1.54) is 53.8 Å². The van der Waals surface area contributed by atoms with Gasteiger partial charge in [-0.15, -0.1) is 11.3 Å². The molecule has 132 valence electrons. The van der Waals surface area contributed by atoms with E-state index in [4.69, 9.17) is 0 Å². The van der Waals surface area contributed by atoms with E-state index in [0.717, 1.165) is 17.5 Å². The van der Waals surface area contributed by atoms with Gasteiger partial charge in [0.2, 0.25) is 0 Å². The van der Waals surface area contributed by atoms with E-state index in [1.54, 1.807) is 12.3 Å². The van der Waals surface area contributed by atoms with Crippen LogP contribution in [0.4, 0.5) is 15.2 Å². The summed E-state index contributed by atoms with van der Waals surface area (Å²) >= 11 is 2.41. The Kier molecular flexibility index (Phi) is 5.29. The number of carbonyl (C=O) groups is 1. The molecule has 1 heterocycles. The number of nitro benzene ring substituents is 1. The van der Waals surface area contributed by atoms with Crippen molar-refractivity contribution in [3.63, 3.8) is 0 Å². The van der Waals surface area contributed by atoms with E-state index in [9.17, 15) is 19.3 Å². The molecule has 0 atom stereocenters. The molecule has 0 bridgehead atoms. The molecule has 0 radical (unpaired) electrons. The van der Waals surface area contributed by atoms with Crippen molar-refractivity contribution in [3.8, 4) is 0 Å². The van der Waals surface area contributed by atoms with Gasteiger partial charge in [-0.3, -0.25) is 20.2 Å². The van der Waals surface area contributed by atoms with Crippen molar-refractivity contribution >= 4 is 39.8 Å². The molecule has 26 heavy (non-hydrogen) atoms. The number of nitrogens with zero attached hydrogens (tertiary/aromatic N) is 2. The molecule has 9 heteroatoms. The summed E-state index contributed by atoms with van der Waals surface area (Å²) in [4.78, 5) is 28.3. The largest absolute Gasteiger partial charge is 0.298 e. The Bertz CT molecular complexity index is 974. The van der Waals surface area contributed by atoms with Crippen LogP contribution in [0.15, 0.2) is 57.6 Å². The average Bonchev–Trinajstić information content (AvgIpc) is 3.01. The summed E-state index contributed by atoms with van der Waals surface area (Å²) in [5.74, 6) is -0.853. The quantitative estimate of drug-likeness (QED) is 0.495. The molecule has 2 aromatic carbocycles. The molecule has 1 aromatic heterocycles. The molecule has 0 aliphatic carbocycles. The van der Waals surface area contributed by atoms with Crippen LogP contribution in [0.1, 0.15) is 16.1 Å². The van der Waals surface area contributed by atoms with Gasteiger partial charge in [-0.25, -0.2) is 9.37 Å². The van der Waals surface area contributed by atoms with Crippen molar-refractivity contribution in [2.24, 2.45) is 0 Å². The number of anilines is 1. The second-order valence-corrected chi connectivity index (χ2v) is 7.22. The number of amides is 1. The maximum atomic E-state index is 13.0. The van der Waals surface area contributed by atoms with Gasteiger partial charge in [0.25, 0.3) is 11.6 Å². The number of nitro groups is 1. The first-order valence-electron chi connectivity index (χ1n) is 7.38. The van der Waals surface area contributed by atoms with E-state index < -0.39 is 10.8 Å². The highest BCUT2D eigenvalue weighted by Crippen LogP contribution is 2.35. The fourth-order valence-electron chi connectivity index (χ4n) is 2.10. The number of benzene rings is 2. The van der Waals surface area contributed by atoms with E-state index in [1.807, 2.05) is 0 Å². The lowest BCUT2D eigenvalue weighted by Gasteiger charge is -2.06. The second kappa shape index (κ2) is 7.63. The van der Waals surface area contributed by atoms with Gasteiger partial charge >= 0.3 is 0 Å². The van der Waals surface area contributed by atoms with Gasteiger partial charge < -0.3 is 0 Å². The van der Waals surface area contributed by atoms with E-state index in [2.05, 4.69) is 10.3 Å². The van der Waals surface area contributed by atoms with Crippen LogP contribution in [-0.2, 0) is 0 Å². The third kappa shape index (κ3) is 4.24. The first kappa shape index (κ1) is 18.0. The van der Waals surface area contributed by atoms with Crippen LogP contribution in [-0.4, -0.2) is 15.8 Å². The first-order valence-corrected chi connectivity index (χ1v) is 9.07. The van der Waals surface area contributed by atoms with E-state index in [-0.39, 0.29) is 17.1 Å². The SMILES string of the molecule is Cc1csc(NC(=O)c2ccc(Sc3ccc(F)cc3)c([N+](=O)[O-])c2)n1. The minimum atomic E-state index is -0.545. The van der Waals surface area contributed by atoms with Gasteiger partial charge in [-0.1, -0.05) is 11.8 Å². The van der Waals surface area contributed by atoms with Crippen molar-refractivity contribution in [1.29, 1.82) is 0 Å². The summed E-state index contributed by atoms with van der Waals surface area (Å²) in [6, 6.07) is 9.88. The molecular weight excluding hydrogens is 377 g/mol. The molecule has 0 saturated carbocycles. The zero-order valence-corrected chi connectivity index (χ0v) is 15.1. The lowest BCUT2D eigenvalue weighted by atomic mass is 10.2. The summed E-state index contributed by atoms with van der Waals surface area (Å²) in [6.07, 6.45) is 0. The minimum absolute atomic E-state index is 0.160. The second-order valence-electron chi connectivity index (χ2n) is 5.24. The number of hydrogen-bond acceptors (Lipinski definition) is 6. The van der Waals surface area contributed by atoms with Gasteiger partial charge in [0, 0.05) is 21.9 Å². The highest BCUT2D eigenvalue weighted by atomic mass is 32.2. The number of carbonyl (C=O) groups excluding carboxylic acids is 1. The number of thiazole rings is 1. The molecule has 0 spiro atoms. The van der Waals surface area contributed by atoms with Gasteiger partial charge in [0.15, 0.2) is 5.13 Å². The summed E-state index contributed by atoms with van der Waals surface area (Å²) < 4.78 is 13.0. The smallest absolute Gasteiger partial charge is 0.284 e. The van der Waals surface area contributed by atoms with Crippen molar-refractivity contribution in [2.45, 2.75) is 16.7 Å². The molecule has 1 amide bonds. The van der Waals surface area contributed by atoms with E-state index in [0.29, 0.717) is 14.9 Å². The third-order valence-corrected chi connectivity index (χ3v) is 5.25. The van der Waals surface area contributed by atoms with Crippen LogP contribution >= 0.6 is 23.1 Å². The Balaban J connectivity index is 1.85. The predicted octanol–water partition coefficient (Wildman–Crippen LogP) is 4.90. The van der Waals surface area contributed by atoms with Gasteiger partial charge in [-0.05, 0) is 43.3 Å². The summed E-state index contributed by atoms with van der Waals surface area (Å²) in [5.41, 5.74) is 0.748.